The first kappa shape index (κ1) is 20.0. The van der Waals surface area contributed by atoms with E-state index in [0.717, 1.165) is 39.2 Å². The van der Waals surface area contributed by atoms with Crippen molar-refractivity contribution in [2.45, 2.75) is 5.92 Å². The van der Waals surface area contributed by atoms with Crippen LogP contribution in [0.3, 0.4) is 0 Å². The van der Waals surface area contributed by atoms with Crippen molar-refractivity contribution in [2.75, 3.05) is 11.9 Å². The number of nitrogens with zero attached hydrogens (tertiary/aromatic N) is 1. The molecule has 5 rings (SSSR count). The molecule has 1 aromatic heterocycles. The lowest BCUT2D eigenvalue weighted by molar-refractivity contribution is 0.0692. The van der Waals surface area contributed by atoms with Crippen molar-refractivity contribution in [3.8, 4) is 21.6 Å². The van der Waals surface area contributed by atoms with E-state index < -0.39 is 12.1 Å². The van der Waals surface area contributed by atoms with Gasteiger partial charge in [0, 0.05) is 5.92 Å². The highest BCUT2D eigenvalue weighted by atomic mass is 32.1. The quantitative estimate of drug-likeness (QED) is 0.404. The van der Waals surface area contributed by atoms with Crippen LogP contribution in [0, 0.1) is 0 Å². The van der Waals surface area contributed by atoms with Gasteiger partial charge in [-0.2, -0.15) is 0 Å². The predicted octanol–water partition coefficient (Wildman–Crippen LogP) is 5.87. The second-order valence-electron chi connectivity index (χ2n) is 7.32. The SMILES string of the molecule is O=C(Nc1nc(C(=O)O)c(-c2ccccc2)s1)OCC1c2ccccc2-c2ccccc21. The average Bonchev–Trinajstić information content (AvgIpc) is 3.38. The Labute approximate surface area is 188 Å². The summed E-state index contributed by atoms with van der Waals surface area (Å²) in [7, 11) is 0. The number of carboxylic acids is 1. The van der Waals surface area contributed by atoms with Crippen LogP contribution in [0.2, 0.25) is 0 Å². The van der Waals surface area contributed by atoms with Crippen LogP contribution in [-0.2, 0) is 4.74 Å². The molecule has 0 aliphatic heterocycles. The molecule has 1 aliphatic rings. The summed E-state index contributed by atoms with van der Waals surface area (Å²) in [4.78, 5) is 28.7. The third-order valence-electron chi connectivity index (χ3n) is 5.42. The maximum Gasteiger partial charge on any atom is 0.413 e. The molecule has 0 spiro atoms. The summed E-state index contributed by atoms with van der Waals surface area (Å²) in [5, 5.41) is 12.3. The summed E-state index contributed by atoms with van der Waals surface area (Å²) in [6.07, 6.45) is -0.669. The van der Waals surface area contributed by atoms with Gasteiger partial charge in [0.15, 0.2) is 10.8 Å². The number of nitrogens with one attached hydrogen (secondary N) is 1. The number of aromatic nitrogens is 1. The second-order valence-corrected chi connectivity index (χ2v) is 8.32. The number of fused-ring (bicyclic) bond motifs is 3. The Morgan fingerprint density at radius 3 is 2.12 bits per heavy atom. The molecule has 0 unspecified atom stereocenters. The summed E-state index contributed by atoms with van der Waals surface area (Å²) in [5.41, 5.74) is 5.16. The van der Waals surface area contributed by atoms with Crippen LogP contribution in [0.4, 0.5) is 9.93 Å². The zero-order valence-corrected chi connectivity index (χ0v) is 17.6. The standard InChI is InChI=1S/C25H18N2O4S/c28-23(29)21-22(15-8-2-1-3-9-15)32-24(26-21)27-25(30)31-14-20-18-12-6-4-10-16(18)17-11-5-7-13-19(17)20/h1-13,20H,14H2,(H,28,29)(H,26,27,30). The molecular formula is C25H18N2O4S. The molecule has 0 bridgehead atoms. The van der Waals surface area contributed by atoms with E-state index in [2.05, 4.69) is 22.4 Å². The minimum absolute atomic E-state index is 0.0566. The number of carbonyl (C=O) groups is 2. The molecular weight excluding hydrogens is 424 g/mol. The maximum absolute atomic E-state index is 12.5. The molecule has 6 nitrogen and oxygen atoms in total. The Morgan fingerprint density at radius 1 is 0.906 bits per heavy atom. The number of rotatable bonds is 5. The van der Waals surface area contributed by atoms with Crippen molar-refractivity contribution in [3.05, 3.63) is 95.7 Å². The number of thiazole rings is 1. The maximum atomic E-state index is 12.5. The fourth-order valence-electron chi connectivity index (χ4n) is 4.03. The lowest BCUT2D eigenvalue weighted by Gasteiger charge is -2.14. The van der Waals surface area contributed by atoms with Gasteiger partial charge in [-0.1, -0.05) is 90.2 Å². The van der Waals surface area contributed by atoms with Crippen LogP contribution in [0.25, 0.3) is 21.6 Å². The molecule has 7 heteroatoms. The first-order chi connectivity index (χ1) is 15.6. The number of amides is 1. The largest absolute Gasteiger partial charge is 0.476 e. The topological polar surface area (TPSA) is 88.5 Å². The van der Waals surface area contributed by atoms with Crippen molar-refractivity contribution in [3.63, 3.8) is 0 Å². The summed E-state index contributed by atoms with van der Waals surface area (Å²) < 4.78 is 5.53. The van der Waals surface area contributed by atoms with Gasteiger partial charge in [0.1, 0.15) is 6.61 Å². The lowest BCUT2D eigenvalue weighted by Crippen LogP contribution is -2.18. The zero-order valence-electron chi connectivity index (χ0n) is 16.8. The van der Waals surface area contributed by atoms with E-state index >= 15 is 0 Å². The third kappa shape index (κ3) is 3.63. The zero-order chi connectivity index (χ0) is 22.1. The summed E-state index contributed by atoms with van der Waals surface area (Å²) >= 11 is 1.10. The van der Waals surface area contributed by atoms with Crippen molar-refractivity contribution >= 4 is 28.5 Å². The molecule has 0 saturated carbocycles. The number of carboxylic acid groups (broad SMARTS) is 1. The van der Waals surface area contributed by atoms with Gasteiger partial charge in [0.05, 0.1) is 4.88 Å². The summed E-state index contributed by atoms with van der Waals surface area (Å²) in [6, 6.07) is 25.3. The Morgan fingerprint density at radius 2 is 1.50 bits per heavy atom. The minimum Gasteiger partial charge on any atom is -0.476 e. The molecule has 0 radical (unpaired) electrons. The molecule has 32 heavy (non-hydrogen) atoms. The summed E-state index contributed by atoms with van der Waals surface area (Å²) in [6.45, 7) is 0.169. The van der Waals surface area contributed by atoms with Crippen molar-refractivity contribution < 1.29 is 19.4 Å². The molecule has 0 saturated heterocycles. The van der Waals surface area contributed by atoms with Gasteiger partial charge in [-0.3, -0.25) is 5.32 Å². The number of ether oxygens (including phenoxy) is 1. The van der Waals surface area contributed by atoms with Crippen LogP contribution >= 0.6 is 11.3 Å². The van der Waals surface area contributed by atoms with E-state index in [4.69, 9.17) is 4.74 Å². The number of benzene rings is 3. The van der Waals surface area contributed by atoms with Gasteiger partial charge in [-0.25, -0.2) is 14.6 Å². The normalized spacial score (nSPS) is 12.1. The molecule has 0 fully saturated rings. The Kier molecular flexibility index (Phi) is 5.17. The molecule has 3 aromatic carbocycles. The van der Waals surface area contributed by atoms with E-state index in [9.17, 15) is 14.7 Å². The van der Waals surface area contributed by atoms with Crippen LogP contribution in [0.5, 0.6) is 0 Å². The number of carbonyl (C=O) groups excluding carboxylic acids is 1. The molecule has 1 aliphatic carbocycles. The first-order valence-corrected chi connectivity index (χ1v) is 10.8. The van der Waals surface area contributed by atoms with Gasteiger partial charge in [-0.15, -0.1) is 0 Å². The van der Waals surface area contributed by atoms with E-state index in [-0.39, 0.29) is 23.4 Å². The molecule has 158 valence electrons. The smallest absolute Gasteiger partial charge is 0.413 e. The fourth-order valence-corrected chi connectivity index (χ4v) is 4.97. The lowest BCUT2D eigenvalue weighted by atomic mass is 9.98. The second kappa shape index (κ2) is 8.28. The van der Waals surface area contributed by atoms with Gasteiger partial charge in [-0.05, 0) is 27.8 Å². The van der Waals surface area contributed by atoms with E-state index in [1.165, 1.54) is 0 Å². The summed E-state index contributed by atoms with van der Waals surface area (Å²) in [5.74, 6) is -1.21. The molecule has 0 atom stereocenters. The number of anilines is 1. The van der Waals surface area contributed by atoms with Crippen molar-refractivity contribution in [1.82, 2.24) is 4.98 Å². The van der Waals surface area contributed by atoms with Crippen molar-refractivity contribution in [2.24, 2.45) is 0 Å². The Hall–Kier alpha value is -3.97. The number of hydrogen-bond donors (Lipinski definition) is 2. The van der Waals surface area contributed by atoms with E-state index in [1.807, 2.05) is 54.6 Å². The molecule has 4 aromatic rings. The van der Waals surface area contributed by atoms with Crippen LogP contribution in [0.15, 0.2) is 78.9 Å². The minimum atomic E-state index is -1.15. The van der Waals surface area contributed by atoms with Gasteiger partial charge < -0.3 is 9.84 Å². The monoisotopic (exact) mass is 442 g/mol. The Bertz CT molecular complexity index is 1270. The van der Waals surface area contributed by atoms with Gasteiger partial charge >= 0.3 is 12.1 Å². The average molecular weight is 442 g/mol. The van der Waals surface area contributed by atoms with E-state index in [0.29, 0.717) is 4.88 Å². The highest BCUT2D eigenvalue weighted by molar-refractivity contribution is 7.19. The number of hydrogen-bond acceptors (Lipinski definition) is 5. The molecule has 1 heterocycles. The highest BCUT2D eigenvalue weighted by Gasteiger charge is 2.29. The first-order valence-electron chi connectivity index (χ1n) is 10.0. The van der Waals surface area contributed by atoms with Crippen LogP contribution in [-0.4, -0.2) is 28.8 Å². The van der Waals surface area contributed by atoms with Gasteiger partial charge in [0.25, 0.3) is 0 Å². The van der Waals surface area contributed by atoms with E-state index in [1.54, 1.807) is 12.1 Å². The molecule has 2 N–H and O–H groups in total. The molecule has 1 amide bonds. The van der Waals surface area contributed by atoms with Crippen LogP contribution in [0.1, 0.15) is 27.5 Å². The third-order valence-corrected chi connectivity index (χ3v) is 6.44. The van der Waals surface area contributed by atoms with Crippen molar-refractivity contribution in [1.29, 1.82) is 0 Å². The van der Waals surface area contributed by atoms with Crippen LogP contribution < -0.4 is 5.32 Å². The number of aromatic carboxylic acids is 1. The highest BCUT2D eigenvalue weighted by Crippen LogP contribution is 2.44. The fraction of sp³-hybridized carbons (Fsp3) is 0.0800. The Balaban J connectivity index is 1.33. The predicted molar refractivity (Wildman–Crippen MR) is 123 cm³/mol. The van der Waals surface area contributed by atoms with Gasteiger partial charge in [0.2, 0.25) is 0 Å².